The summed E-state index contributed by atoms with van der Waals surface area (Å²) in [5, 5.41) is 7.10. The van der Waals surface area contributed by atoms with Gasteiger partial charge in [0.1, 0.15) is 5.69 Å². The standard InChI is InChI=1S/C17H26N4O3/c1-11(2)14-8-15(19-18-14)17(23)20-9-12-4-5-13(10-20)21(16(12)22)6-7-24-3/h8,11-13H,4-7,9-10H2,1-3H3,(H,18,19). The fraction of sp³-hybridized carbons (Fsp3) is 0.706. The zero-order valence-electron chi connectivity index (χ0n) is 14.6. The van der Waals surface area contributed by atoms with Crippen LogP contribution in [0, 0.1) is 5.92 Å². The van der Waals surface area contributed by atoms with Gasteiger partial charge in [0.05, 0.1) is 12.5 Å². The number of hydrogen-bond acceptors (Lipinski definition) is 4. The number of carbonyl (C=O) groups is 2. The van der Waals surface area contributed by atoms with Crippen LogP contribution >= 0.6 is 0 Å². The maximum absolute atomic E-state index is 12.8. The highest BCUT2D eigenvalue weighted by Gasteiger charge is 2.42. The van der Waals surface area contributed by atoms with E-state index in [1.165, 1.54) is 0 Å². The number of aromatic amines is 1. The Balaban J connectivity index is 1.75. The zero-order valence-corrected chi connectivity index (χ0v) is 14.6. The molecule has 3 aliphatic rings. The highest BCUT2D eigenvalue weighted by atomic mass is 16.5. The lowest BCUT2D eigenvalue weighted by Crippen LogP contribution is -2.49. The summed E-state index contributed by atoms with van der Waals surface area (Å²) in [5.41, 5.74) is 1.39. The van der Waals surface area contributed by atoms with Crippen LogP contribution in [0.1, 0.15) is 48.8 Å². The molecule has 1 aromatic heterocycles. The van der Waals surface area contributed by atoms with E-state index in [0.717, 1.165) is 18.5 Å². The molecule has 3 fully saturated rings. The molecule has 0 radical (unpaired) electrons. The van der Waals surface area contributed by atoms with Crippen molar-refractivity contribution in [2.45, 2.75) is 38.6 Å². The van der Waals surface area contributed by atoms with E-state index >= 15 is 0 Å². The van der Waals surface area contributed by atoms with Gasteiger partial charge in [-0.3, -0.25) is 14.7 Å². The van der Waals surface area contributed by atoms with Gasteiger partial charge in [0.15, 0.2) is 0 Å². The van der Waals surface area contributed by atoms with Crippen molar-refractivity contribution < 1.29 is 14.3 Å². The number of nitrogens with zero attached hydrogens (tertiary/aromatic N) is 3. The molecule has 7 heteroatoms. The third kappa shape index (κ3) is 3.17. The molecule has 1 N–H and O–H groups in total. The van der Waals surface area contributed by atoms with Gasteiger partial charge in [-0.1, -0.05) is 13.8 Å². The molecule has 0 aromatic carbocycles. The van der Waals surface area contributed by atoms with E-state index in [4.69, 9.17) is 4.74 Å². The van der Waals surface area contributed by atoms with Gasteiger partial charge in [-0.25, -0.2) is 0 Å². The van der Waals surface area contributed by atoms with Crippen molar-refractivity contribution in [3.8, 4) is 0 Å². The summed E-state index contributed by atoms with van der Waals surface area (Å²) in [4.78, 5) is 29.1. The van der Waals surface area contributed by atoms with Crippen molar-refractivity contribution in [3.63, 3.8) is 0 Å². The van der Waals surface area contributed by atoms with Gasteiger partial charge in [0.25, 0.3) is 5.91 Å². The van der Waals surface area contributed by atoms with E-state index < -0.39 is 0 Å². The summed E-state index contributed by atoms with van der Waals surface area (Å²) in [6.45, 7) is 6.30. The Hall–Kier alpha value is -1.89. The quantitative estimate of drug-likeness (QED) is 0.879. The highest BCUT2D eigenvalue weighted by Crippen LogP contribution is 2.29. The number of ether oxygens (including phenoxy) is 1. The van der Waals surface area contributed by atoms with Gasteiger partial charge in [-0.2, -0.15) is 5.10 Å². The molecule has 1 aromatic rings. The summed E-state index contributed by atoms with van der Waals surface area (Å²) < 4.78 is 5.12. The molecule has 0 spiro atoms. The summed E-state index contributed by atoms with van der Waals surface area (Å²) in [6.07, 6.45) is 1.80. The molecule has 2 bridgehead atoms. The van der Waals surface area contributed by atoms with Crippen molar-refractivity contribution in [2.24, 2.45) is 5.92 Å². The lowest BCUT2D eigenvalue weighted by molar-refractivity contribution is -0.140. The van der Waals surface area contributed by atoms with Crippen LogP contribution in [0.4, 0.5) is 0 Å². The third-order valence-electron chi connectivity index (χ3n) is 5.06. The van der Waals surface area contributed by atoms with Crippen LogP contribution in [-0.4, -0.2) is 71.2 Å². The van der Waals surface area contributed by atoms with Gasteiger partial charge >= 0.3 is 0 Å². The Bertz CT molecular complexity index is 613. The molecule has 3 aliphatic heterocycles. The molecule has 7 nitrogen and oxygen atoms in total. The molecule has 24 heavy (non-hydrogen) atoms. The van der Waals surface area contributed by atoms with E-state index in [2.05, 4.69) is 24.0 Å². The molecular weight excluding hydrogens is 308 g/mol. The molecule has 0 aliphatic carbocycles. The van der Waals surface area contributed by atoms with Gasteiger partial charge in [0.2, 0.25) is 5.91 Å². The second kappa shape index (κ2) is 6.93. The minimum Gasteiger partial charge on any atom is -0.383 e. The van der Waals surface area contributed by atoms with Crippen LogP contribution in [0.25, 0.3) is 0 Å². The van der Waals surface area contributed by atoms with Crippen LogP contribution in [0.3, 0.4) is 0 Å². The molecule has 0 saturated carbocycles. The first kappa shape index (κ1) is 17.0. The Labute approximate surface area is 142 Å². The Morgan fingerprint density at radius 3 is 2.88 bits per heavy atom. The normalized spacial score (nSPS) is 23.9. The van der Waals surface area contributed by atoms with Gasteiger partial charge < -0.3 is 14.5 Å². The first-order valence-corrected chi connectivity index (χ1v) is 8.65. The van der Waals surface area contributed by atoms with E-state index in [9.17, 15) is 9.59 Å². The predicted octanol–water partition coefficient (Wildman–Crippen LogP) is 1.24. The summed E-state index contributed by atoms with van der Waals surface area (Å²) in [7, 11) is 1.64. The van der Waals surface area contributed by atoms with Gasteiger partial charge in [0, 0.05) is 38.5 Å². The summed E-state index contributed by atoms with van der Waals surface area (Å²) in [6, 6.07) is 1.91. The molecule has 132 valence electrons. The molecular formula is C17H26N4O3. The highest BCUT2D eigenvalue weighted by molar-refractivity contribution is 5.93. The number of fused-ring (bicyclic) bond motifs is 4. The fourth-order valence-corrected chi connectivity index (χ4v) is 3.59. The SMILES string of the molecule is COCCN1C(=O)C2CCC1CN(C(=O)c1cc(C(C)C)[nH]n1)C2. The van der Waals surface area contributed by atoms with E-state index in [-0.39, 0.29) is 23.8 Å². The number of hydrogen-bond donors (Lipinski definition) is 1. The number of aromatic nitrogens is 2. The van der Waals surface area contributed by atoms with Gasteiger partial charge in [-0.15, -0.1) is 0 Å². The number of nitrogens with one attached hydrogen (secondary N) is 1. The average Bonchev–Trinajstić information content (AvgIpc) is 2.90. The first-order chi connectivity index (χ1) is 11.5. The van der Waals surface area contributed by atoms with Gasteiger partial charge in [-0.05, 0) is 24.8 Å². The molecule has 4 rings (SSSR count). The molecule has 2 amide bonds. The minimum absolute atomic E-state index is 0.0823. The van der Waals surface area contributed by atoms with E-state index in [0.29, 0.717) is 37.9 Å². The number of amides is 2. The Morgan fingerprint density at radius 1 is 1.42 bits per heavy atom. The zero-order chi connectivity index (χ0) is 17.3. The van der Waals surface area contributed by atoms with Crippen molar-refractivity contribution in [1.82, 2.24) is 20.0 Å². The topological polar surface area (TPSA) is 78.5 Å². The third-order valence-corrected chi connectivity index (χ3v) is 5.06. The lowest BCUT2D eigenvalue weighted by atomic mass is 9.94. The molecule has 3 saturated heterocycles. The largest absolute Gasteiger partial charge is 0.383 e. The number of H-pyrrole nitrogens is 1. The molecule has 4 heterocycles. The van der Waals surface area contributed by atoms with Crippen molar-refractivity contribution in [2.75, 3.05) is 33.4 Å². The van der Waals surface area contributed by atoms with Crippen molar-refractivity contribution in [3.05, 3.63) is 17.5 Å². The van der Waals surface area contributed by atoms with Crippen LogP contribution < -0.4 is 0 Å². The molecule has 2 atom stereocenters. The van der Waals surface area contributed by atoms with Crippen molar-refractivity contribution in [1.29, 1.82) is 0 Å². The number of rotatable bonds is 5. The summed E-state index contributed by atoms with van der Waals surface area (Å²) in [5.74, 6) is 0.262. The minimum atomic E-state index is -0.104. The maximum Gasteiger partial charge on any atom is 0.274 e. The van der Waals surface area contributed by atoms with Crippen LogP contribution in [0.15, 0.2) is 6.07 Å². The Kier molecular flexibility index (Phi) is 4.89. The monoisotopic (exact) mass is 334 g/mol. The van der Waals surface area contributed by atoms with Crippen LogP contribution in [0.2, 0.25) is 0 Å². The summed E-state index contributed by atoms with van der Waals surface area (Å²) >= 11 is 0. The maximum atomic E-state index is 12.8. The number of carbonyl (C=O) groups excluding carboxylic acids is 2. The fourth-order valence-electron chi connectivity index (χ4n) is 3.59. The molecule has 2 unspecified atom stereocenters. The Morgan fingerprint density at radius 2 is 2.21 bits per heavy atom. The average molecular weight is 334 g/mol. The number of methoxy groups -OCH3 is 1. The van der Waals surface area contributed by atoms with E-state index in [1.807, 2.05) is 11.0 Å². The second-order valence-corrected chi connectivity index (χ2v) is 7.03. The smallest absolute Gasteiger partial charge is 0.274 e. The van der Waals surface area contributed by atoms with Crippen molar-refractivity contribution >= 4 is 11.8 Å². The lowest BCUT2D eigenvalue weighted by Gasteiger charge is -2.35. The number of piperidine rings is 1. The van der Waals surface area contributed by atoms with Crippen LogP contribution in [0.5, 0.6) is 0 Å². The second-order valence-electron chi connectivity index (χ2n) is 7.03. The first-order valence-electron chi connectivity index (χ1n) is 8.65. The predicted molar refractivity (Wildman–Crippen MR) is 88.7 cm³/mol. The van der Waals surface area contributed by atoms with E-state index in [1.54, 1.807) is 12.0 Å². The van der Waals surface area contributed by atoms with Crippen LogP contribution in [-0.2, 0) is 9.53 Å².